The smallest absolute Gasteiger partial charge is 0.338 e. The van der Waals surface area contributed by atoms with E-state index in [-0.39, 0.29) is 0 Å². The van der Waals surface area contributed by atoms with Gasteiger partial charge in [0, 0.05) is 16.5 Å². The maximum absolute atomic E-state index is 12.7. The number of halogens is 1. The first kappa shape index (κ1) is 24.2. The molecule has 0 fully saturated rings. The SMILES string of the molecule is CCCCSc1nc2n(n1)C(c1ccc(OCc3cccc(Cl)c3)cc1)C(C(=O)OC)=C(C)N2. The van der Waals surface area contributed by atoms with Gasteiger partial charge in [0.05, 0.1) is 12.7 Å². The van der Waals surface area contributed by atoms with Crippen LogP contribution in [0.1, 0.15) is 43.9 Å². The summed E-state index contributed by atoms with van der Waals surface area (Å²) in [4.78, 5) is 17.4. The van der Waals surface area contributed by atoms with Crippen molar-refractivity contribution in [1.82, 2.24) is 14.8 Å². The van der Waals surface area contributed by atoms with Gasteiger partial charge in [-0.05, 0) is 48.7 Å². The van der Waals surface area contributed by atoms with Crippen molar-refractivity contribution in [3.8, 4) is 5.75 Å². The van der Waals surface area contributed by atoms with Gasteiger partial charge in [0.2, 0.25) is 11.1 Å². The number of ether oxygens (including phenoxy) is 2. The molecule has 1 N–H and O–H groups in total. The highest BCUT2D eigenvalue weighted by Gasteiger charge is 2.35. The predicted molar refractivity (Wildman–Crippen MR) is 134 cm³/mol. The summed E-state index contributed by atoms with van der Waals surface area (Å²) in [6.07, 6.45) is 2.20. The molecule has 9 heteroatoms. The minimum Gasteiger partial charge on any atom is -0.489 e. The summed E-state index contributed by atoms with van der Waals surface area (Å²) >= 11 is 7.67. The van der Waals surface area contributed by atoms with Gasteiger partial charge in [-0.15, -0.1) is 5.10 Å². The van der Waals surface area contributed by atoms with Crippen molar-refractivity contribution in [3.05, 3.63) is 76.0 Å². The van der Waals surface area contributed by atoms with Crippen LogP contribution in [0.3, 0.4) is 0 Å². The Morgan fingerprint density at radius 3 is 2.74 bits per heavy atom. The molecule has 178 valence electrons. The Balaban J connectivity index is 1.60. The first-order valence-corrected chi connectivity index (χ1v) is 12.5. The monoisotopic (exact) mass is 498 g/mol. The first-order chi connectivity index (χ1) is 16.5. The number of aromatic nitrogens is 3. The van der Waals surface area contributed by atoms with E-state index in [1.165, 1.54) is 7.11 Å². The molecule has 0 aliphatic carbocycles. The van der Waals surface area contributed by atoms with Crippen LogP contribution in [0.5, 0.6) is 5.75 Å². The van der Waals surface area contributed by atoms with Gasteiger partial charge in [0.15, 0.2) is 0 Å². The van der Waals surface area contributed by atoms with Crippen molar-refractivity contribution in [2.24, 2.45) is 0 Å². The van der Waals surface area contributed by atoms with Gasteiger partial charge in [0.1, 0.15) is 18.4 Å². The van der Waals surface area contributed by atoms with Crippen LogP contribution in [0.25, 0.3) is 0 Å². The molecule has 3 aromatic rings. The Kier molecular flexibility index (Phi) is 7.80. The van der Waals surface area contributed by atoms with Gasteiger partial charge < -0.3 is 14.8 Å². The maximum atomic E-state index is 12.7. The third kappa shape index (κ3) is 5.39. The molecule has 7 nitrogen and oxygen atoms in total. The second kappa shape index (κ2) is 11.0. The van der Waals surface area contributed by atoms with E-state index in [0.29, 0.717) is 39.8 Å². The standard InChI is InChI=1S/C25H27ClN4O3S/c1-4-5-13-34-25-28-24-27-16(2)21(23(31)32-3)22(30(24)29-25)18-9-11-20(12-10-18)33-15-17-7-6-8-19(26)14-17/h6-12,14,22H,4-5,13,15H2,1-3H3,(H,27,28,29). The molecule has 0 bridgehead atoms. The van der Waals surface area contributed by atoms with Crippen LogP contribution in [0, 0.1) is 0 Å². The number of benzene rings is 2. The number of methoxy groups -OCH3 is 1. The molecule has 34 heavy (non-hydrogen) atoms. The molecule has 1 aliphatic heterocycles. The minimum atomic E-state index is -0.460. The number of fused-ring (bicyclic) bond motifs is 1. The first-order valence-electron chi connectivity index (χ1n) is 11.1. The topological polar surface area (TPSA) is 78.3 Å². The molecular formula is C25H27ClN4O3S. The van der Waals surface area contributed by atoms with Crippen molar-refractivity contribution in [2.75, 3.05) is 18.2 Å². The van der Waals surface area contributed by atoms with Crippen LogP contribution in [-0.2, 0) is 16.1 Å². The molecule has 1 aromatic heterocycles. The number of nitrogens with one attached hydrogen (secondary N) is 1. The maximum Gasteiger partial charge on any atom is 0.338 e. The highest BCUT2D eigenvalue weighted by atomic mass is 35.5. The predicted octanol–water partition coefficient (Wildman–Crippen LogP) is 5.86. The Labute approximate surface area is 208 Å². The van der Waals surface area contributed by atoms with E-state index in [2.05, 4.69) is 17.2 Å². The quantitative estimate of drug-likeness (QED) is 0.225. The summed E-state index contributed by atoms with van der Waals surface area (Å²) in [6, 6.07) is 14.8. The highest BCUT2D eigenvalue weighted by molar-refractivity contribution is 7.99. The number of rotatable bonds is 9. The summed E-state index contributed by atoms with van der Waals surface area (Å²) in [5.41, 5.74) is 3.06. The Bertz CT molecular complexity index is 1190. The fraction of sp³-hybridized carbons (Fsp3) is 0.320. The molecule has 0 saturated carbocycles. The number of thioether (sulfide) groups is 1. The van der Waals surface area contributed by atoms with E-state index in [4.69, 9.17) is 26.2 Å². The zero-order valence-electron chi connectivity index (χ0n) is 19.4. The second-order valence-corrected chi connectivity index (χ2v) is 9.41. The highest BCUT2D eigenvalue weighted by Crippen LogP contribution is 2.37. The van der Waals surface area contributed by atoms with Crippen LogP contribution in [0.4, 0.5) is 5.95 Å². The third-order valence-electron chi connectivity index (χ3n) is 5.46. The molecule has 0 amide bonds. The molecule has 4 rings (SSSR count). The molecule has 0 saturated heterocycles. The van der Waals surface area contributed by atoms with Gasteiger partial charge in [-0.3, -0.25) is 0 Å². The zero-order chi connectivity index (χ0) is 24.1. The molecule has 1 aliphatic rings. The van der Waals surface area contributed by atoms with E-state index in [1.807, 2.05) is 55.5 Å². The number of hydrogen-bond acceptors (Lipinski definition) is 7. The average molecular weight is 499 g/mol. The average Bonchev–Trinajstić information content (AvgIpc) is 3.24. The summed E-state index contributed by atoms with van der Waals surface area (Å²) in [6.45, 7) is 4.41. The number of carbonyl (C=O) groups excluding carboxylic acids is 1. The molecule has 2 aromatic carbocycles. The lowest BCUT2D eigenvalue weighted by Crippen LogP contribution is -2.29. The van der Waals surface area contributed by atoms with Crippen molar-refractivity contribution >= 4 is 35.3 Å². The minimum absolute atomic E-state index is 0.405. The van der Waals surface area contributed by atoms with E-state index in [0.717, 1.165) is 29.7 Å². The van der Waals surface area contributed by atoms with E-state index in [1.54, 1.807) is 16.4 Å². The number of unbranched alkanes of at least 4 members (excludes halogenated alkanes) is 1. The number of hydrogen-bond donors (Lipinski definition) is 1. The van der Waals surface area contributed by atoms with Gasteiger partial charge in [-0.2, -0.15) is 4.98 Å². The fourth-order valence-corrected chi connectivity index (χ4v) is 4.85. The lowest BCUT2D eigenvalue weighted by molar-refractivity contribution is -0.136. The molecule has 2 heterocycles. The number of carbonyl (C=O) groups is 1. The molecular weight excluding hydrogens is 472 g/mol. The number of anilines is 1. The molecule has 0 spiro atoms. The van der Waals surface area contributed by atoms with Gasteiger partial charge in [-0.25, -0.2) is 9.48 Å². The van der Waals surface area contributed by atoms with Crippen LogP contribution in [-0.4, -0.2) is 33.6 Å². The Hall–Kier alpha value is -2.97. The lowest BCUT2D eigenvalue weighted by atomic mass is 9.96. The number of nitrogens with zero attached hydrogens (tertiary/aromatic N) is 3. The van der Waals surface area contributed by atoms with Crippen LogP contribution >= 0.6 is 23.4 Å². The zero-order valence-corrected chi connectivity index (χ0v) is 20.9. The van der Waals surface area contributed by atoms with Crippen molar-refractivity contribution in [2.45, 2.75) is 44.5 Å². The van der Waals surface area contributed by atoms with Crippen LogP contribution in [0.2, 0.25) is 5.02 Å². The van der Waals surface area contributed by atoms with Crippen molar-refractivity contribution in [3.63, 3.8) is 0 Å². The lowest BCUT2D eigenvalue weighted by Gasteiger charge is -2.27. The van der Waals surface area contributed by atoms with Crippen LogP contribution in [0.15, 0.2) is 65.0 Å². The summed E-state index contributed by atoms with van der Waals surface area (Å²) < 4.78 is 12.8. The van der Waals surface area contributed by atoms with Gasteiger partial charge >= 0.3 is 5.97 Å². The Morgan fingerprint density at radius 1 is 1.24 bits per heavy atom. The molecule has 1 unspecified atom stereocenters. The number of esters is 1. The summed E-state index contributed by atoms with van der Waals surface area (Å²) in [5, 5.41) is 9.28. The van der Waals surface area contributed by atoms with Crippen molar-refractivity contribution < 1.29 is 14.3 Å². The van der Waals surface area contributed by atoms with Crippen LogP contribution < -0.4 is 10.1 Å². The third-order valence-corrected chi connectivity index (χ3v) is 6.62. The summed E-state index contributed by atoms with van der Waals surface area (Å²) in [5.74, 6) is 1.86. The Morgan fingerprint density at radius 2 is 2.03 bits per heavy atom. The summed E-state index contributed by atoms with van der Waals surface area (Å²) in [7, 11) is 1.38. The van der Waals surface area contributed by atoms with Crippen molar-refractivity contribution in [1.29, 1.82) is 0 Å². The second-order valence-electron chi connectivity index (χ2n) is 7.91. The molecule has 1 atom stereocenters. The van der Waals surface area contributed by atoms with E-state index < -0.39 is 12.0 Å². The number of allylic oxidation sites excluding steroid dienone is 1. The van der Waals surface area contributed by atoms with E-state index >= 15 is 0 Å². The van der Waals surface area contributed by atoms with Gasteiger partial charge in [-0.1, -0.05) is 61.0 Å². The fourth-order valence-electron chi connectivity index (χ4n) is 3.72. The van der Waals surface area contributed by atoms with Gasteiger partial charge in [0.25, 0.3) is 0 Å². The molecule has 0 radical (unpaired) electrons. The largest absolute Gasteiger partial charge is 0.489 e. The normalized spacial score (nSPS) is 15.0. The van der Waals surface area contributed by atoms with E-state index in [9.17, 15) is 4.79 Å².